The zero-order valence-electron chi connectivity index (χ0n) is 13.1. The van der Waals surface area contributed by atoms with E-state index in [-0.39, 0.29) is 0 Å². The fourth-order valence-electron chi connectivity index (χ4n) is 3.19. The number of hydrogen-bond acceptors (Lipinski definition) is 6. The highest BCUT2D eigenvalue weighted by molar-refractivity contribution is 5.74. The second kappa shape index (κ2) is 5.87. The summed E-state index contributed by atoms with van der Waals surface area (Å²) in [6.07, 6.45) is 4.02. The molecule has 1 fully saturated rings. The number of rotatable bonds is 4. The zero-order chi connectivity index (χ0) is 15.6. The zero-order valence-corrected chi connectivity index (χ0v) is 13.1. The van der Waals surface area contributed by atoms with Crippen LogP contribution in [0.15, 0.2) is 47.0 Å². The molecule has 1 atom stereocenters. The fraction of sp³-hybridized carbons (Fsp3) is 0.353. The minimum absolute atomic E-state index is 0.395. The van der Waals surface area contributed by atoms with Gasteiger partial charge < -0.3 is 14.2 Å². The number of anilines is 2. The van der Waals surface area contributed by atoms with E-state index in [2.05, 4.69) is 25.0 Å². The van der Waals surface area contributed by atoms with Gasteiger partial charge in [-0.05, 0) is 37.1 Å². The van der Waals surface area contributed by atoms with Crippen molar-refractivity contribution in [1.29, 1.82) is 0 Å². The second-order valence-corrected chi connectivity index (χ2v) is 5.92. The van der Waals surface area contributed by atoms with Crippen molar-refractivity contribution in [2.45, 2.75) is 18.9 Å². The predicted molar refractivity (Wildman–Crippen MR) is 89.7 cm³/mol. The standard InChI is InChI=1S/C17H19N5O/c1-21(17-19-14-7-2-3-8-15(14)23-17)12-13-6-5-11-22(13)16-9-4-10-18-20-16/h2-4,7-10,13H,5-6,11-12H2,1H3/t13-/m0/s1. The number of hydrogen-bond donors (Lipinski definition) is 0. The molecular weight excluding hydrogens is 290 g/mol. The van der Waals surface area contributed by atoms with Gasteiger partial charge in [0.1, 0.15) is 5.52 Å². The molecule has 6 nitrogen and oxygen atoms in total. The van der Waals surface area contributed by atoms with Crippen LogP contribution in [0.1, 0.15) is 12.8 Å². The van der Waals surface area contributed by atoms with Crippen molar-refractivity contribution in [2.24, 2.45) is 0 Å². The molecule has 1 aromatic carbocycles. The van der Waals surface area contributed by atoms with E-state index in [0.29, 0.717) is 12.1 Å². The molecule has 3 aromatic rings. The third kappa shape index (κ3) is 2.72. The van der Waals surface area contributed by atoms with Crippen LogP contribution >= 0.6 is 0 Å². The summed E-state index contributed by atoms with van der Waals surface area (Å²) in [6, 6.07) is 12.9. The van der Waals surface area contributed by atoms with E-state index in [1.807, 2.05) is 43.4 Å². The Balaban J connectivity index is 1.52. The molecule has 1 aliphatic heterocycles. The average molecular weight is 309 g/mol. The van der Waals surface area contributed by atoms with Gasteiger partial charge in [-0.2, -0.15) is 10.1 Å². The van der Waals surface area contributed by atoms with Gasteiger partial charge in [0.25, 0.3) is 6.01 Å². The van der Waals surface area contributed by atoms with Crippen LogP contribution in [0.5, 0.6) is 0 Å². The topological polar surface area (TPSA) is 58.3 Å². The molecule has 0 aliphatic carbocycles. The van der Waals surface area contributed by atoms with E-state index < -0.39 is 0 Å². The summed E-state index contributed by atoms with van der Waals surface area (Å²) in [4.78, 5) is 8.97. The Morgan fingerprint density at radius 3 is 3.00 bits per heavy atom. The number of oxazole rings is 1. The summed E-state index contributed by atoms with van der Waals surface area (Å²) in [6.45, 7) is 1.87. The molecule has 0 radical (unpaired) electrons. The van der Waals surface area contributed by atoms with E-state index in [0.717, 1.165) is 36.4 Å². The lowest BCUT2D eigenvalue weighted by Gasteiger charge is -2.28. The molecule has 0 spiro atoms. The van der Waals surface area contributed by atoms with E-state index in [4.69, 9.17) is 4.42 Å². The van der Waals surface area contributed by atoms with Crippen LogP contribution in [0.4, 0.5) is 11.8 Å². The lowest BCUT2D eigenvalue weighted by molar-refractivity contribution is 0.557. The summed E-state index contributed by atoms with van der Waals surface area (Å²) in [7, 11) is 2.03. The maximum absolute atomic E-state index is 5.85. The minimum atomic E-state index is 0.395. The maximum atomic E-state index is 5.85. The van der Waals surface area contributed by atoms with Crippen molar-refractivity contribution < 1.29 is 4.42 Å². The van der Waals surface area contributed by atoms with Crippen LogP contribution in [0.3, 0.4) is 0 Å². The number of likely N-dealkylation sites (N-methyl/N-ethyl adjacent to an activating group) is 1. The van der Waals surface area contributed by atoms with Crippen LogP contribution < -0.4 is 9.80 Å². The van der Waals surface area contributed by atoms with Crippen molar-refractivity contribution >= 4 is 22.9 Å². The first-order valence-corrected chi connectivity index (χ1v) is 7.92. The van der Waals surface area contributed by atoms with Crippen LogP contribution in [-0.4, -0.2) is 41.4 Å². The Kier molecular flexibility index (Phi) is 3.57. The van der Waals surface area contributed by atoms with Crippen molar-refractivity contribution in [1.82, 2.24) is 15.2 Å². The molecule has 0 bridgehead atoms. The van der Waals surface area contributed by atoms with Crippen LogP contribution in [0, 0.1) is 0 Å². The fourth-order valence-corrected chi connectivity index (χ4v) is 3.19. The summed E-state index contributed by atoms with van der Waals surface area (Å²) in [5.41, 5.74) is 1.72. The molecule has 118 valence electrons. The van der Waals surface area contributed by atoms with Gasteiger partial charge in [0.05, 0.1) is 0 Å². The Morgan fingerprint density at radius 1 is 1.26 bits per heavy atom. The third-order valence-electron chi connectivity index (χ3n) is 4.32. The second-order valence-electron chi connectivity index (χ2n) is 5.92. The first-order chi connectivity index (χ1) is 11.3. The molecule has 0 amide bonds. The minimum Gasteiger partial charge on any atom is -0.423 e. The quantitative estimate of drug-likeness (QED) is 0.738. The van der Waals surface area contributed by atoms with Gasteiger partial charge >= 0.3 is 0 Å². The molecular formula is C17H19N5O. The number of fused-ring (bicyclic) bond motifs is 1. The first kappa shape index (κ1) is 14.0. The van der Waals surface area contributed by atoms with Gasteiger partial charge in [-0.3, -0.25) is 0 Å². The highest BCUT2D eigenvalue weighted by Crippen LogP contribution is 2.26. The van der Waals surface area contributed by atoms with Gasteiger partial charge in [0.15, 0.2) is 11.4 Å². The van der Waals surface area contributed by atoms with Crippen LogP contribution in [0.2, 0.25) is 0 Å². The first-order valence-electron chi connectivity index (χ1n) is 7.92. The van der Waals surface area contributed by atoms with Gasteiger partial charge in [-0.1, -0.05) is 12.1 Å². The van der Waals surface area contributed by atoms with Crippen molar-refractivity contribution in [2.75, 3.05) is 29.9 Å². The Hall–Kier alpha value is -2.63. The molecule has 23 heavy (non-hydrogen) atoms. The number of nitrogens with zero attached hydrogens (tertiary/aromatic N) is 5. The van der Waals surface area contributed by atoms with Crippen molar-refractivity contribution in [3.05, 3.63) is 42.6 Å². The number of para-hydroxylation sites is 2. The van der Waals surface area contributed by atoms with Gasteiger partial charge in [-0.15, -0.1) is 5.10 Å². The van der Waals surface area contributed by atoms with Crippen molar-refractivity contribution in [3.8, 4) is 0 Å². The molecule has 0 unspecified atom stereocenters. The summed E-state index contributed by atoms with van der Waals surface area (Å²) in [5, 5.41) is 8.24. The molecule has 0 N–H and O–H groups in total. The van der Waals surface area contributed by atoms with E-state index >= 15 is 0 Å². The monoisotopic (exact) mass is 309 g/mol. The molecule has 1 saturated heterocycles. The lowest BCUT2D eigenvalue weighted by atomic mass is 10.2. The number of benzene rings is 1. The molecule has 3 heterocycles. The summed E-state index contributed by atoms with van der Waals surface area (Å²) in [5.74, 6) is 0.945. The number of aromatic nitrogens is 3. The SMILES string of the molecule is CN(C[C@@H]1CCCN1c1cccnn1)c1nc2ccccc2o1. The molecule has 1 aliphatic rings. The van der Waals surface area contributed by atoms with E-state index in [1.165, 1.54) is 6.42 Å². The maximum Gasteiger partial charge on any atom is 0.298 e. The van der Waals surface area contributed by atoms with Gasteiger partial charge in [0, 0.05) is 32.4 Å². The predicted octanol–water partition coefficient (Wildman–Crippen LogP) is 2.72. The highest BCUT2D eigenvalue weighted by Gasteiger charge is 2.28. The molecule has 0 saturated carbocycles. The Labute approximate surface area is 134 Å². The summed E-state index contributed by atoms with van der Waals surface area (Å²) >= 11 is 0. The van der Waals surface area contributed by atoms with E-state index in [9.17, 15) is 0 Å². The van der Waals surface area contributed by atoms with Gasteiger partial charge in [-0.25, -0.2) is 0 Å². The van der Waals surface area contributed by atoms with E-state index in [1.54, 1.807) is 6.20 Å². The normalized spacial score (nSPS) is 17.8. The Morgan fingerprint density at radius 2 is 2.17 bits per heavy atom. The molecule has 4 rings (SSSR count). The third-order valence-corrected chi connectivity index (χ3v) is 4.32. The van der Waals surface area contributed by atoms with Gasteiger partial charge in [0.2, 0.25) is 0 Å². The van der Waals surface area contributed by atoms with Crippen LogP contribution in [-0.2, 0) is 0 Å². The smallest absolute Gasteiger partial charge is 0.298 e. The highest BCUT2D eigenvalue weighted by atomic mass is 16.4. The summed E-state index contributed by atoms with van der Waals surface area (Å²) < 4.78 is 5.85. The molecule has 2 aromatic heterocycles. The largest absolute Gasteiger partial charge is 0.423 e. The van der Waals surface area contributed by atoms with Crippen molar-refractivity contribution in [3.63, 3.8) is 0 Å². The van der Waals surface area contributed by atoms with Crippen LogP contribution in [0.25, 0.3) is 11.1 Å². The lowest BCUT2D eigenvalue weighted by Crippen LogP contribution is -2.39. The Bertz CT molecular complexity index is 755. The average Bonchev–Trinajstić information content (AvgIpc) is 3.22. The molecule has 6 heteroatoms.